The quantitative estimate of drug-likeness (QED) is 0.731. The lowest BCUT2D eigenvalue weighted by Crippen LogP contribution is -2.53. The monoisotopic (exact) mass is 426 g/mol. The van der Waals surface area contributed by atoms with Crippen LogP contribution in [0.25, 0.3) is 0 Å². The zero-order chi connectivity index (χ0) is 19.8. The van der Waals surface area contributed by atoms with Crippen LogP contribution >= 0.6 is 34.8 Å². The van der Waals surface area contributed by atoms with E-state index in [0.29, 0.717) is 32.2 Å². The molecule has 2 aromatic carbocycles. The summed E-state index contributed by atoms with van der Waals surface area (Å²) in [6.45, 7) is 3.53. The van der Waals surface area contributed by atoms with Crippen molar-refractivity contribution in [3.63, 3.8) is 0 Å². The number of hydrogen-bond donors (Lipinski definition) is 1. The molecule has 1 aliphatic rings. The molecule has 0 aromatic heterocycles. The standard InChI is InChI=1S/C19H17Cl3N2O3/c1-19(2)18(26)24(14-10-11(20)6-7-15(14)27-19)9-8-16(25)23-17-12(21)4-3-5-13(17)22/h3-7,10H,8-9H2,1-2H3,(H,23,25). The van der Waals surface area contributed by atoms with Gasteiger partial charge in [-0.2, -0.15) is 0 Å². The first-order valence-corrected chi connectivity index (χ1v) is 9.37. The van der Waals surface area contributed by atoms with E-state index in [1.807, 2.05) is 0 Å². The molecule has 1 N–H and O–H groups in total. The second kappa shape index (κ2) is 7.58. The predicted octanol–water partition coefficient (Wildman–Crippen LogP) is 5.18. The largest absolute Gasteiger partial charge is 0.476 e. The average molecular weight is 428 g/mol. The van der Waals surface area contributed by atoms with Crippen LogP contribution in [0.5, 0.6) is 5.75 Å². The third kappa shape index (κ3) is 4.15. The van der Waals surface area contributed by atoms with Gasteiger partial charge in [-0.1, -0.05) is 40.9 Å². The van der Waals surface area contributed by atoms with Crippen molar-refractivity contribution in [2.24, 2.45) is 0 Å². The molecule has 0 fully saturated rings. The van der Waals surface area contributed by atoms with Gasteiger partial charge in [0.15, 0.2) is 5.60 Å². The fourth-order valence-electron chi connectivity index (χ4n) is 2.80. The van der Waals surface area contributed by atoms with Gasteiger partial charge < -0.3 is 15.0 Å². The van der Waals surface area contributed by atoms with Crippen LogP contribution in [-0.2, 0) is 9.59 Å². The van der Waals surface area contributed by atoms with Crippen molar-refractivity contribution in [2.45, 2.75) is 25.9 Å². The van der Waals surface area contributed by atoms with E-state index in [-0.39, 0.29) is 24.8 Å². The van der Waals surface area contributed by atoms with E-state index in [1.54, 1.807) is 50.2 Å². The van der Waals surface area contributed by atoms with Gasteiger partial charge in [-0.3, -0.25) is 9.59 Å². The van der Waals surface area contributed by atoms with Crippen LogP contribution in [0.4, 0.5) is 11.4 Å². The minimum absolute atomic E-state index is 0.0509. The summed E-state index contributed by atoms with van der Waals surface area (Å²) >= 11 is 18.2. The molecular formula is C19H17Cl3N2O3. The summed E-state index contributed by atoms with van der Waals surface area (Å²) in [4.78, 5) is 26.7. The molecule has 0 atom stereocenters. The Morgan fingerprint density at radius 2 is 1.81 bits per heavy atom. The zero-order valence-corrected chi connectivity index (χ0v) is 17.0. The number of nitrogens with zero attached hydrogens (tertiary/aromatic N) is 1. The Morgan fingerprint density at radius 1 is 1.15 bits per heavy atom. The predicted molar refractivity (Wildman–Crippen MR) is 108 cm³/mol. The van der Waals surface area contributed by atoms with Gasteiger partial charge in [0.05, 0.1) is 21.4 Å². The van der Waals surface area contributed by atoms with E-state index in [1.165, 1.54) is 4.90 Å². The number of carbonyl (C=O) groups excluding carboxylic acids is 2. The second-order valence-electron chi connectivity index (χ2n) is 6.58. The molecule has 1 heterocycles. The molecule has 2 amide bonds. The van der Waals surface area contributed by atoms with Gasteiger partial charge in [-0.15, -0.1) is 0 Å². The summed E-state index contributed by atoms with van der Waals surface area (Å²) in [6, 6.07) is 10.0. The van der Waals surface area contributed by atoms with Crippen molar-refractivity contribution in [3.8, 4) is 5.75 Å². The van der Waals surface area contributed by atoms with Gasteiger partial charge in [0, 0.05) is 18.0 Å². The Bertz CT molecular complexity index is 895. The minimum Gasteiger partial charge on any atom is -0.476 e. The van der Waals surface area contributed by atoms with Gasteiger partial charge in [-0.25, -0.2) is 0 Å². The maximum absolute atomic E-state index is 12.8. The Kier molecular flexibility index (Phi) is 5.56. The number of para-hydroxylation sites is 1. The number of rotatable bonds is 4. The fourth-order valence-corrected chi connectivity index (χ4v) is 3.45. The first-order valence-electron chi connectivity index (χ1n) is 8.23. The SMILES string of the molecule is CC1(C)Oc2ccc(Cl)cc2N(CCC(=O)Nc2c(Cl)cccc2Cl)C1=O. The van der Waals surface area contributed by atoms with Crippen LogP contribution in [0.3, 0.4) is 0 Å². The van der Waals surface area contributed by atoms with Crippen molar-refractivity contribution < 1.29 is 14.3 Å². The lowest BCUT2D eigenvalue weighted by Gasteiger charge is -2.38. The number of hydrogen-bond acceptors (Lipinski definition) is 3. The molecule has 0 spiro atoms. The van der Waals surface area contributed by atoms with Crippen LogP contribution in [0.2, 0.25) is 15.1 Å². The van der Waals surface area contributed by atoms with Crippen LogP contribution in [0.15, 0.2) is 36.4 Å². The molecule has 0 aliphatic carbocycles. The number of halogens is 3. The molecule has 3 rings (SSSR count). The summed E-state index contributed by atoms with van der Waals surface area (Å²) in [7, 11) is 0. The van der Waals surface area contributed by atoms with Gasteiger partial charge in [-0.05, 0) is 44.2 Å². The smallest absolute Gasteiger partial charge is 0.270 e. The number of ether oxygens (including phenoxy) is 1. The molecule has 0 unspecified atom stereocenters. The Labute approximate surface area is 172 Å². The minimum atomic E-state index is -1.04. The first kappa shape index (κ1) is 19.8. The third-order valence-corrected chi connectivity index (χ3v) is 4.99. The summed E-state index contributed by atoms with van der Waals surface area (Å²) in [5, 5.41) is 3.85. The average Bonchev–Trinajstić information content (AvgIpc) is 2.59. The number of carbonyl (C=O) groups is 2. The lowest BCUT2D eigenvalue weighted by molar-refractivity contribution is -0.132. The third-order valence-electron chi connectivity index (χ3n) is 4.13. The van der Waals surface area contributed by atoms with Crippen LogP contribution < -0.4 is 15.0 Å². The summed E-state index contributed by atoms with van der Waals surface area (Å²) in [5.74, 6) is -0.0231. The molecule has 0 bridgehead atoms. The fraction of sp³-hybridized carbons (Fsp3) is 0.263. The van der Waals surface area contributed by atoms with E-state index >= 15 is 0 Å². The van der Waals surface area contributed by atoms with Gasteiger partial charge in [0.2, 0.25) is 5.91 Å². The maximum Gasteiger partial charge on any atom is 0.270 e. The molecule has 1 aliphatic heterocycles. The van der Waals surface area contributed by atoms with Gasteiger partial charge in [0.1, 0.15) is 5.75 Å². The van der Waals surface area contributed by atoms with E-state index in [2.05, 4.69) is 5.32 Å². The molecule has 27 heavy (non-hydrogen) atoms. The van der Waals surface area contributed by atoms with Gasteiger partial charge in [0.25, 0.3) is 5.91 Å². The molecular weight excluding hydrogens is 411 g/mol. The highest BCUT2D eigenvalue weighted by atomic mass is 35.5. The van der Waals surface area contributed by atoms with E-state index in [4.69, 9.17) is 39.5 Å². The number of anilines is 2. The van der Waals surface area contributed by atoms with Crippen LogP contribution in [-0.4, -0.2) is 24.0 Å². The molecule has 0 saturated heterocycles. The van der Waals surface area contributed by atoms with Crippen molar-refractivity contribution in [3.05, 3.63) is 51.5 Å². The summed E-state index contributed by atoms with van der Waals surface area (Å²) < 4.78 is 5.77. The molecule has 2 aromatic rings. The maximum atomic E-state index is 12.8. The number of amides is 2. The molecule has 0 saturated carbocycles. The van der Waals surface area contributed by atoms with Crippen molar-refractivity contribution in [2.75, 3.05) is 16.8 Å². The Balaban J connectivity index is 1.78. The summed E-state index contributed by atoms with van der Waals surface area (Å²) in [6.07, 6.45) is 0.0509. The number of fused-ring (bicyclic) bond motifs is 1. The molecule has 5 nitrogen and oxygen atoms in total. The van der Waals surface area contributed by atoms with Gasteiger partial charge >= 0.3 is 0 Å². The van der Waals surface area contributed by atoms with E-state index in [9.17, 15) is 9.59 Å². The highest BCUT2D eigenvalue weighted by Crippen LogP contribution is 2.39. The van der Waals surface area contributed by atoms with Crippen molar-refractivity contribution >= 4 is 58.0 Å². The molecule has 8 heteroatoms. The van der Waals surface area contributed by atoms with E-state index < -0.39 is 5.60 Å². The summed E-state index contributed by atoms with van der Waals surface area (Å²) in [5.41, 5.74) is -0.151. The van der Waals surface area contributed by atoms with Crippen LogP contribution in [0.1, 0.15) is 20.3 Å². The molecule has 0 radical (unpaired) electrons. The van der Waals surface area contributed by atoms with E-state index in [0.717, 1.165) is 0 Å². The highest BCUT2D eigenvalue weighted by Gasteiger charge is 2.40. The number of nitrogens with one attached hydrogen (secondary N) is 1. The topological polar surface area (TPSA) is 58.6 Å². The van der Waals surface area contributed by atoms with Crippen molar-refractivity contribution in [1.82, 2.24) is 0 Å². The first-order chi connectivity index (χ1) is 12.7. The normalized spacial score (nSPS) is 15.1. The molecule has 142 valence electrons. The van der Waals surface area contributed by atoms with Crippen molar-refractivity contribution in [1.29, 1.82) is 0 Å². The zero-order valence-electron chi connectivity index (χ0n) is 14.7. The Hall–Kier alpha value is -1.95. The Morgan fingerprint density at radius 3 is 2.48 bits per heavy atom. The second-order valence-corrected chi connectivity index (χ2v) is 7.83. The number of benzene rings is 2. The lowest BCUT2D eigenvalue weighted by atomic mass is 10.0. The van der Waals surface area contributed by atoms with Crippen LogP contribution in [0, 0.1) is 0 Å². The highest BCUT2D eigenvalue weighted by molar-refractivity contribution is 6.39.